The molecule has 0 saturated heterocycles. The van der Waals surface area contributed by atoms with Crippen LogP contribution in [-0.4, -0.2) is 30.4 Å². The summed E-state index contributed by atoms with van der Waals surface area (Å²) in [5.74, 6) is -0.189. The highest BCUT2D eigenvalue weighted by Crippen LogP contribution is 2.28. The van der Waals surface area contributed by atoms with Gasteiger partial charge in [-0.15, -0.1) is 0 Å². The molecule has 0 aliphatic rings. The van der Waals surface area contributed by atoms with Crippen molar-refractivity contribution in [3.8, 4) is 16.9 Å². The molecule has 1 amide bonds. The zero-order chi connectivity index (χ0) is 24.3. The monoisotopic (exact) mass is 481 g/mol. The molecule has 0 aliphatic carbocycles. The van der Waals surface area contributed by atoms with Gasteiger partial charge in [-0.1, -0.05) is 61.0 Å². The molecule has 0 fully saturated rings. The number of carbonyl (C=O) groups excluding carboxylic acids is 1. The summed E-state index contributed by atoms with van der Waals surface area (Å²) in [6, 6.07) is 20.6. The number of carboxylic acid groups (broad SMARTS) is 1. The molecule has 7 heteroatoms. The van der Waals surface area contributed by atoms with Gasteiger partial charge in [-0.05, 0) is 52.9 Å². The first-order valence-electron chi connectivity index (χ1n) is 11.2. The molecule has 0 heterocycles. The van der Waals surface area contributed by atoms with Crippen molar-refractivity contribution in [2.75, 3.05) is 13.2 Å². The van der Waals surface area contributed by atoms with Crippen LogP contribution in [0.1, 0.15) is 30.0 Å². The van der Waals surface area contributed by atoms with Gasteiger partial charge in [0.1, 0.15) is 5.75 Å². The Kier molecular flexibility index (Phi) is 9.35. The summed E-state index contributed by atoms with van der Waals surface area (Å²) in [6.45, 7) is 3.06. The lowest BCUT2D eigenvalue weighted by molar-refractivity contribution is -0.136. The molecule has 0 radical (unpaired) electrons. The van der Waals surface area contributed by atoms with E-state index in [2.05, 4.69) is 5.32 Å². The van der Waals surface area contributed by atoms with Gasteiger partial charge in [0, 0.05) is 23.6 Å². The third-order valence-electron chi connectivity index (χ3n) is 5.07. The number of alkyl carbamates (subject to hydrolysis) is 1. The van der Waals surface area contributed by atoms with Crippen LogP contribution < -0.4 is 10.1 Å². The molecule has 178 valence electrons. The Morgan fingerprint density at radius 2 is 1.71 bits per heavy atom. The van der Waals surface area contributed by atoms with Gasteiger partial charge < -0.3 is 19.9 Å². The van der Waals surface area contributed by atoms with Crippen molar-refractivity contribution in [3.63, 3.8) is 0 Å². The minimum Gasteiger partial charge on any atom is -0.493 e. The van der Waals surface area contributed by atoms with Crippen LogP contribution in [0.5, 0.6) is 5.75 Å². The van der Waals surface area contributed by atoms with Crippen LogP contribution in [0, 0.1) is 0 Å². The molecule has 0 aliphatic heterocycles. The van der Waals surface area contributed by atoms with Crippen molar-refractivity contribution in [1.29, 1.82) is 0 Å². The number of ether oxygens (including phenoxy) is 2. The van der Waals surface area contributed by atoms with Crippen LogP contribution in [-0.2, 0) is 28.9 Å². The van der Waals surface area contributed by atoms with Gasteiger partial charge >= 0.3 is 12.1 Å². The van der Waals surface area contributed by atoms with Gasteiger partial charge in [0.2, 0.25) is 0 Å². The summed E-state index contributed by atoms with van der Waals surface area (Å²) in [5.41, 5.74) is 4.32. The summed E-state index contributed by atoms with van der Waals surface area (Å²) in [4.78, 5) is 23.3. The Balaban J connectivity index is 1.66. The Labute approximate surface area is 204 Å². The maximum atomic E-state index is 12.2. The van der Waals surface area contributed by atoms with Crippen molar-refractivity contribution in [3.05, 3.63) is 88.4 Å². The van der Waals surface area contributed by atoms with E-state index in [0.717, 1.165) is 34.2 Å². The Morgan fingerprint density at radius 1 is 0.941 bits per heavy atom. The minimum absolute atomic E-state index is 0.0407. The quantitative estimate of drug-likeness (QED) is 0.356. The van der Waals surface area contributed by atoms with Crippen LogP contribution in [0.15, 0.2) is 66.7 Å². The van der Waals surface area contributed by atoms with Crippen molar-refractivity contribution in [2.45, 2.75) is 32.7 Å². The largest absolute Gasteiger partial charge is 0.493 e. The lowest BCUT2D eigenvalue weighted by atomic mass is 9.99. The second-order valence-corrected chi connectivity index (χ2v) is 8.25. The van der Waals surface area contributed by atoms with E-state index >= 15 is 0 Å². The minimum atomic E-state index is -0.876. The summed E-state index contributed by atoms with van der Waals surface area (Å²) in [7, 11) is 0. The van der Waals surface area contributed by atoms with Crippen LogP contribution in [0.25, 0.3) is 11.1 Å². The fourth-order valence-corrected chi connectivity index (χ4v) is 3.67. The summed E-state index contributed by atoms with van der Waals surface area (Å²) in [6.07, 6.45) is 0.872. The number of hydrogen-bond donors (Lipinski definition) is 2. The number of amides is 1. The molecule has 0 bridgehead atoms. The number of carbonyl (C=O) groups is 2. The van der Waals surface area contributed by atoms with Crippen LogP contribution in [0.4, 0.5) is 4.79 Å². The number of aliphatic carboxylic acids is 1. The molecule has 3 aromatic rings. The Morgan fingerprint density at radius 3 is 2.47 bits per heavy atom. The van der Waals surface area contributed by atoms with Crippen LogP contribution >= 0.6 is 11.6 Å². The van der Waals surface area contributed by atoms with Gasteiger partial charge in [-0.25, -0.2) is 4.79 Å². The zero-order valence-corrected chi connectivity index (χ0v) is 19.8. The summed E-state index contributed by atoms with van der Waals surface area (Å²) in [5, 5.41) is 12.5. The summed E-state index contributed by atoms with van der Waals surface area (Å²) >= 11 is 5.98. The molecule has 0 spiro atoms. The van der Waals surface area contributed by atoms with Gasteiger partial charge in [0.25, 0.3) is 0 Å². The Bertz CT molecular complexity index is 1130. The van der Waals surface area contributed by atoms with Crippen molar-refractivity contribution >= 4 is 23.7 Å². The van der Waals surface area contributed by atoms with E-state index in [1.807, 2.05) is 61.5 Å². The molecule has 0 atom stereocenters. The Hall–Kier alpha value is -3.51. The number of hydrogen-bond acceptors (Lipinski definition) is 4. The molecule has 3 rings (SSSR count). The molecule has 34 heavy (non-hydrogen) atoms. The van der Waals surface area contributed by atoms with Crippen molar-refractivity contribution < 1.29 is 24.2 Å². The highest BCUT2D eigenvalue weighted by molar-refractivity contribution is 6.30. The van der Waals surface area contributed by atoms with Gasteiger partial charge in [0.15, 0.2) is 0 Å². The maximum Gasteiger partial charge on any atom is 0.407 e. The van der Waals surface area contributed by atoms with E-state index in [0.29, 0.717) is 23.8 Å². The molecule has 2 N–H and O–H groups in total. The molecule has 3 aromatic carbocycles. The topological polar surface area (TPSA) is 84.9 Å². The predicted molar refractivity (Wildman–Crippen MR) is 132 cm³/mol. The van der Waals surface area contributed by atoms with Crippen molar-refractivity contribution in [2.24, 2.45) is 0 Å². The molecule has 0 saturated carbocycles. The highest BCUT2D eigenvalue weighted by Gasteiger charge is 2.11. The van der Waals surface area contributed by atoms with E-state index in [9.17, 15) is 9.59 Å². The average molecular weight is 482 g/mol. The van der Waals surface area contributed by atoms with E-state index in [4.69, 9.17) is 26.2 Å². The summed E-state index contributed by atoms with van der Waals surface area (Å²) < 4.78 is 11.2. The first-order valence-corrected chi connectivity index (χ1v) is 11.5. The van der Waals surface area contributed by atoms with Crippen LogP contribution in [0.3, 0.4) is 0 Å². The number of halogens is 1. The molecule has 0 aromatic heterocycles. The first-order chi connectivity index (χ1) is 16.4. The van der Waals surface area contributed by atoms with Gasteiger partial charge in [-0.3, -0.25) is 4.79 Å². The molecule has 6 nitrogen and oxygen atoms in total. The number of benzene rings is 3. The van der Waals surface area contributed by atoms with E-state index in [1.165, 1.54) is 0 Å². The average Bonchev–Trinajstić information content (AvgIpc) is 2.81. The zero-order valence-electron chi connectivity index (χ0n) is 19.1. The number of carboxylic acids is 1. The SMILES string of the molecule is CCCOc1ccc(-c2cccc(CC(=O)O)c2)cc1CNC(=O)OCCc1cccc(Cl)c1. The second-order valence-electron chi connectivity index (χ2n) is 7.81. The number of rotatable bonds is 11. The first kappa shape index (κ1) is 25.1. The van der Waals surface area contributed by atoms with Gasteiger partial charge in [-0.2, -0.15) is 0 Å². The normalized spacial score (nSPS) is 10.5. The molecule has 0 unspecified atom stereocenters. The smallest absolute Gasteiger partial charge is 0.407 e. The van der Waals surface area contributed by atoms with E-state index in [-0.39, 0.29) is 19.6 Å². The second kappa shape index (κ2) is 12.7. The van der Waals surface area contributed by atoms with E-state index < -0.39 is 12.1 Å². The predicted octanol–water partition coefficient (Wildman–Crippen LogP) is 5.89. The van der Waals surface area contributed by atoms with Gasteiger partial charge in [0.05, 0.1) is 19.6 Å². The molecular formula is C27H28ClNO5. The lowest BCUT2D eigenvalue weighted by Crippen LogP contribution is -2.25. The highest BCUT2D eigenvalue weighted by atomic mass is 35.5. The van der Waals surface area contributed by atoms with Crippen molar-refractivity contribution in [1.82, 2.24) is 5.32 Å². The third-order valence-corrected chi connectivity index (χ3v) is 5.31. The van der Waals surface area contributed by atoms with E-state index in [1.54, 1.807) is 12.1 Å². The lowest BCUT2D eigenvalue weighted by Gasteiger charge is -2.14. The third kappa shape index (κ3) is 7.81. The van der Waals surface area contributed by atoms with Crippen LogP contribution in [0.2, 0.25) is 5.02 Å². The number of nitrogens with one attached hydrogen (secondary N) is 1. The molecular weight excluding hydrogens is 454 g/mol. The fourth-order valence-electron chi connectivity index (χ4n) is 3.46. The maximum absolute atomic E-state index is 12.2. The fraction of sp³-hybridized carbons (Fsp3) is 0.259. The standard InChI is InChI=1S/C27H28ClNO5/c1-2-12-33-25-10-9-22(21-7-3-6-20(14-21)16-26(30)31)17-23(25)18-29-27(32)34-13-11-19-5-4-8-24(28)15-19/h3-10,14-15,17H,2,11-13,16,18H2,1H3,(H,29,32)(H,30,31).